The fraction of sp³-hybridized carbons (Fsp3) is 0.875. The number of esters is 1. The molecule has 0 aromatic carbocycles. The van der Waals surface area contributed by atoms with Crippen molar-refractivity contribution in [3.63, 3.8) is 0 Å². The number of carbonyl (C=O) groups excluding carboxylic acids is 1. The van der Waals surface area contributed by atoms with Crippen LogP contribution in [0, 0.1) is 10.1 Å². The topological polar surface area (TPSA) is 123 Å². The maximum absolute atomic E-state index is 11.0. The number of nitrogens with zero attached hydrogens (tertiary/aromatic N) is 1. The van der Waals surface area contributed by atoms with Crippen LogP contribution in [0.4, 0.5) is 0 Å². The highest BCUT2D eigenvalue weighted by Crippen LogP contribution is 2.30. The molecule has 4 atom stereocenters. The lowest BCUT2D eigenvalue weighted by Crippen LogP contribution is -2.36. The van der Waals surface area contributed by atoms with Crippen molar-refractivity contribution in [3.05, 3.63) is 10.1 Å². The number of ether oxygens (including phenoxy) is 3. The number of fused-ring (bicyclic) bond motifs is 1. The maximum atomic E-state index is 11.0. The average molecular weight is 248 g/mol. The third kappa shape index (κ3) is 2.46. The van der Waals surface area contributed by atoms with Crippen molar-refractivity contribution in [1.82, 2.24) is 0 Å². The normalized spacial score (nSPS) is 35.4. The number of carbonyl (C=O) groups is 1. The van der Waals surface area contributed by atoms with Crippen LogP contribution in [-0.4, -0.2) is 55.2 Å². The van der Waals surface area contributed by atoms with Crippen LogP contribution in [0.25, 0.3) is 0 Å². The highest BCUT2D eigenvalue weighted by atomic mass is 17.0. The van der Waals surface area contributed by atoms with E-state index in [1.807, 2.05) is 0 Å². The smallest absolute Gasteiger partial charge is 0.320 e. The summed E-state index contributed by atoms with van der Waals surface area (Å²) in [5.41, 5.74) is 5.11. The molecule has 2 aliphatic rings. The Hall–Kier alpha value is -1.45. The van der Waals surface area contributed by atoms with E-state index in [0.29, 0.717) is 0 Å². The molecule has 0 radical (unpaired) electrons. The number of rotatable bonds is 4. The van der Waals surface area contributed by atoms with Crippen LogP contribution in [0.2, 0.25) is 0 Å². The van der Waals surface area contributed by atoms with Gasteiger partial charge in [-0.25, -0.2) is 0 Å². The van der Waals surface area contributed by atoms with Crippen molar-refractivity contribution in [2.45, 2.75) is 24.4 Å². The van der Waals surface area contributed by atoms with Crippen molar-refractivity contribution in [2.24, 2.45) is 5.73 Å². The standard InChI is InChI=1S/C8H12N2O7/c9-1-6(11)16-4-2-14-8-5(17-10(12)13)3-15-7(4)8/h4-5,7-8H,1-3,9H2/t4-,5+,7+,8+/m0/s1. The Balaban J connectivity index is 1.92. The van der Waals surface area contributed by atoms with Crippen molar-refractivity contribution < 1.29 is 28.9 Å². The molecule has 17 heavy (non-hydrogen) atoms. The lowest BCUT2D eigenvalue weighted by molar-refractivity contribution is -0.769. The van der Waals surface area contributed by atoms with E-state index >= 15 is 0 Å². The van der Waals surface area contributed by atoms with Gasteiger partial charge in [-0.1, -0.05) is 0 Å². The second-order valence-electron chi connectivity index (χ2n) is 3.70. The summed E-state index contributed by atoms with van der Waals surface area (Å²) in [6.45, 7) is -0.0751. The summed E-state index contributed by atoms with van der Waals surface area (Å²) in [4.78, 5) is 25.6. The van der Waals surface area contributed by atoms with Gasteiger partial charge in [0.25, 0.3) is 5.09 Å². The van der Waals surface area contributed by atoms with Crippen LogP contribution in [0.1, 0.15) is 0 Å². The van der Waals surface area contributed by atoms with E-state index in [1.165, 1.54) is 0 Å². The SMILES string of the molecule is NCC(=O)O[C@H]1CO[C@H]2[C@@H]1OC[C@H]2O[N+](=O)[O-]. The van der Waals surface area contributed by atoms with Crippen LogP contribution >= 0.6 is 0 Å². The molecular formula is C8H12N2O7. The monoisotopic (exact) mass is 248 g/mol. The summed E-state index contributed by atoms with van der Waals surface area (Å²) in [6.07, 6.45) is -2.49. The van der Waals surface area contributed by atoms with Gasteiger partial charge in [-0.05, 0) is 0 Å². The molecule has 96 valence electrons. The Morgan fingerprint density at radius 1 is 1.35 bits per heavy atom. The third-order valence-electron chi connectivity index (χ3n) is 2.63. The molecule has 2 heterocycles. The molecule has 2 saturated heterocycles. The molecule has 2 fully saturated rings. The molecule has 2 N–H and O–H groups in total. The fourth-order valence-corrected chi connectivity index (χ4v) is 1.95. The zero-order valence-corrected chi connectivity index (χ0v) is 8.81. The first-order valence-corrected chi connectivity index (χ1v) is 5.05. The zero-order chi connectivity index (χ0) is 12.4. The van der Waals surface area contributed by atoms with E-state index in [-0.39, 0.29) is 19.8 Å². The first-order valence-electron chi connectivity index (χ1n) is 5.05. The van der Waals surface area contributed by atoms with Gasteiger partial charge in [0.15, 0.2) is 12.2 Å². The predicted octanol–water partition coefficient (Wildman–Crippen LogP) is -1.77. The molecule has 0 spiro atoms. The lowest BCUT2D eigenvalue weighted by atomic mass is 10.1. The van der Waals surface area contributed by atoms with Gasteiger partial charge in [0.1, 0.15) is 12.2 Å². The minimum Gasteiger partial charge on any atom is -0.456 e. The molecule has 2 aliphatic heterocycles. The minimum atomic E-state index is -0.890. The molecular weight excluding hydrogens is 236 g/mol. The third-order valence-corrected chi connectivity index (χ3v) is 2.63. The zero-order valence-electron chi connectivity index (χ0n) is 8.81. The van der Waals surface area contributed by atoms with Crippen LogP contribution in [0.15, 0.2) is 0 Å². The molecule has 0 bridgehead atoms. The van der Waals surface area contributed by atoms with Crippen LogP contribution in [0.3, 0.4) is 0 Å². The minimum absolute atomic E-state index is 0.0347. The first kappa shape index (κ1) is 12.0. The predicted molar refractivity (Wildman–Crippen MR) is 50.3 cm³/mol. The van der Waals surface area contributed by atoms with Gasteiger partial charge in [0, 0.05) is 0 Å². The molecule has 0 aromatic heterocycles. The van der Waals surface area contributed by atoms with E-state index in [4.69, 9.17) is 19.9 Å². The molecule has 9 heteroatoms. The summed E-state index contributed by atoms with van der Waals surface area (Å²) in [5.74, 6) is -0.568. The Morgan fingerprint density at radius 3 is 2.53 bits per heavy atom. The lowest BCUT2D eigenvalue weighted by Gasteiger charge is -2.16. The summed E-state index contributed by atoms with van der Waals surface area (Å²) in [6, 6.07) is 0. The Kier molecular flexibility index (Phi) is 3.41. The van der Waals surface area contributed by atoms with Gasteiger partial charge in [-0.3, -0.25) is 4.79 Å². The highest BCUT2D eigenvalue weighted by molar-refractivity contribution is 5.71. The highest BCUT2D eigenvalue weighted by Gasteiger charge is 2.51. The number of hydrogen-bond acceptors (Lipinski definition) is 8. The van der Waals surface area contributed by atoms with Gasteiger partial charge in [-0.15, -0.1) is 10.1 Å². The maximum Gasteiger partial charge on any atom is 0.320 e. The van der Waals surface area contributed by atoms with Crippen molar-refractivity contribution in [3.8, 4) is 0 Å². The molecule has 9 nitrogen and oxygen atoms in total. The van der Waals surface area contributed by atoms with Crippen molar-refractivity contribution >= 4 is 5.97 Å². The van der Waals surface area contributed by atoms with Crippen LogP contribution in [-0.2, 0) is 23.8 Å². The van der Waals surface area contributed by atoms with Crippen LogP contribution < -0.4 is 5.73 Å². The average Bonchev–Trinajstić information content (AvgIpc) is 2.83. The molecule has 0 unspecified atom stereocenters. The van der Waals surface area contributed by atoms with Gasteiger partial charge >= 0.3 is 5.97 Å². The van der Waals surface area contributed by atoms with Crippen molar-refractivity contribution in [2.75, 3.05) is 19.8 Å². The van der Waals surface area contributed by atoms with E-state index in [0.717, 1.165) is 0 Å². The molecule has 0 amide bonds. The number of nitrogens with two attached hydrogens (primary N) is 1. The fourth-order valence-electron chi connectivity index (χ4n) is 1.95. The van der Waals surface area contributed by atoms with E-state index in [9.17, 15) is 14.9 Å². The van der Waals surface area contributed by atoms with Gasteiger partial charge in [0.05, 0.1) is 19.8 Å². The second-order valence-corrected chi connectivity index (χ2v) is 3.70. The van der Waals surface area contributed by atoms with E-state index in [1.54, 1.807) is 0 Å². The second kappa shape index (κ2) is 4.82. The quantitative estimate of drug-likeness (QED) is 0.352. The Bertz CT molecular complexity index is 323. The van der Waals surface area contributed by atoms with Gasteiger partial charge < -0.3 is 24.8 Å². The molecule has 2 rings (SSSR count). The van der Waals surface area contributed by atoms with Crippen molar-refractivity contribution in [1.29, 1.82) is 0 Å². The summed E-state index contributed by atoms with van der Waals surface area (Å²) in [7, 11) is 0. The van der Waals surface area contributed by atoms with E-state index in [2.05, 4.69) is 4.84 Å². The first-order chi connectivity index (χ1) is 8.11. The summed E-state index contributed by atoms with van der Waals surface area (Å²) < 4.78 is 15.5. The Morgan fingerprint density at radius 2 is 1.94 bits per heavy atom. The van der Waals surface area contributed by atoms with Gasteiger partial charge in [-0.2, -0.15) is 0 Å². The number of hydrogen-bond donors (Lipinski definition) is 1. The molecule has 0 aliphatic carbocycles. The molecule has 0 aromatic rings. The molecule has 0 saturated carbocycles. The largest absolute Gasteiger partial charge is 0.456 e. The summed E-state index contributed by atoms with van der Waals surface area (Å²) in [5, 5.41) is 9.33. The van der Waals surface area contributed by atoms with E-state index < -0.39 is 35.5 Å². The van der Waals surface area contributed by atoms with Crippen LogP contribution in [0.5, 0.6) is 0 Å². The summed E-state index contributed by atoms with van der Waals surface area (Å²) >= 11 is 0. The Labute approximate surface area is 95.8 Å². The van der Waals surface area contributed by atoms with Gasteiger partial charge in [0.2, 0.25) is 0 Å².